The van der Waals surface area contributed by atoms with Crippen LogP contribution in [0.25, 0.3) is 0 Å². The summed E-state index contributed by atoms with van der Waals surface area (Å²) < 4.78 is 10.3. The molecule has 26 heavy (non-hydrogen) atoms. The van der Waals surface area contributed by atoms with Gasteiger partial charge in [0.05, 0.1) is 13.5 Å². The highest BCUT2D eigenvalue weighted by atomic mass is 16.5. The zero-order valence-corrected chi connectivity index (χ0v) is 15.3. The normalized spacial score (nSPS) is 11.5. The molecule has 0 bridgehead atoms. The Bertz CT molecular complexity index is 726. The fraction of sp³-hybridized carbons (Fsp3) is 0.350. The van der Waals surface area contributed by atoms with Gasteiger partial charge in [-0.2, -0.15) is 0 Å². The van der Waals surface area contributed by atoms with E-state index in [9.17, 15) is 9.59 Å². The van der Waals surface area contributed by atoms with E-state index in [1.165, 1.54) is 0 Å². The number of carbonyl (C=O) groups excluding carboxylic acids is 2. The summed E-state index contributed by atoms with van der Waals surface area (Å²) in [6.45, 7) is 3.91. The predicted molar refractivity (Wildman–Crippen MR) is 97.9 cm³/mol. The molecule has 0 radical (unpaired) electrons. The molecule has 0 saturated heterocycles. The smallest absolute Gasteiger partial charge is 0.311 e. The number of aromatic nitrogens is 1. The van der Waals surface area contributed by atoms with Crippen molar-refractivity contribution in [1.82, 2.24) is 10.3 Å². The first-order valence-corrected chi connectivity index (χ1v) is 8.49. The van der Waals surface area contributed by atoms with Gasteiger partial charge < -0.3 is 14.8 Å². The SMILES string of the molecule is COc1ccc(CCNC(=O)C(C)OC(=O)Cc2ccc(C)nc2)cc1. The molecule has 2 aromatic rings. The second-order valence-electron chi connectivity index (χ2n) is 6.01. The van der Waals surface area contributed by atoms with Gasteiger partial charge in [-0.1, -0.05) is 18.2 Å². The van der Waals surface area contributed by atoms with Crippen molar-refractivity contribution in [3.8, 4) is 5.75 Å². The van der Waals surface area contributed by atoms with E-state index in [2.05, 4.69) is 10.3 Å². The Morgan fingerprint density at radius 2 is 1.81 bits per heavy atom. The van der Waals surface area contributed by atoms with Gasteiger partial charge in [0, 0.05) is 18.4 Å². The van der Waals surface area contributed by atoms with E-state index in [1.807, 2.05) is 43.3 Å². The molecule has 0 aliphatic heterocycles. The standard InChI is InChI=1S/C20H24N2O4/c1-14-4-5-17(13-22-14)12-19(23)26-15(2)20(24)21-11-10-16-6-8-18(25-3)9-7-16/h4-9,13,15H,10-12H2,1-3H3,(H,21,24). The lowest BCUT2D eigenvalue weighted by Crippen LogP contribution is -2.37. The van der Waals surface area contributed by atoms with Gasteiger partial charge in [0.25, 0.3) is 5.91 Å². The number of methoxy groups -OCH3 is 1. The minimum Gasteiger partial charge on any atom is -0.497 e. The summed E-state index contributed by atoms with van der Waals surface area (Å²) in [5, 5.41) is 2.78. The number of amides is 1. The molecule has 1 N–H and O–H groups in total. The van der Waals surface area contributed by atoms with Crippen LogP contribution in [0.15, 0.2) is 42.6 Å². The first-order chi connectivity index (χ1) is 12.5. The predicted octanol–water partition coefficient (Wildman–Crippen LogP) is 2.23. The Morgan fingerprint density at radius 1 is 1.12 bits per heavy atom. The van der Waals surface area contributed by atoms with Crippen molar-refractivity contribution in [2.75, 3.05) is 13.7 Å². The number of benzene rings is 1. The molecule has 1 aromatic heterocycles. The first kappa shape index (κ1) is 19.4. The molecule has 1 unspecified atom stereocenters. The van der Waals surface area contributed by atoms with E-state index >= 15 is 0 Å². The maximum atomic E-state index is 12.0. The number of nitrogens with one attached hydrogen (secondary N) is 1. The fourth-order valence-corrected chi connectivity index (χ4v) is 2.33. The fourth-order valence-electron chi connectivity index (χ4n) is 2.33. The average molecular weight is 356 g/mol. The minimum atomic E-state index is -0.836. The third-order valence-corrected chi connectivity index (χ3v) is 3.87. The highest BCUT2D eigenvalue weighted by Crippen LogP contribution is 2.11. The molecule has 1 aromatic carbocycles. The number of esters is 1. The monoisotopic (exact) mass is 356 g/mol. The lowest BCUT2D eigenvalue weighted by molar-refractivity contribution is -0.154. The first-order valence-electron chi connectivity index (χ1n) is 8.49. The van der Waals surface area contributed by atoms with E-state index in [-0.39, 0.29) is 12.3 Å². The number of aryl methyl sites for hydroxylation is 1. The second-order valence-corrected chi connectivity index (χ2v) is 6.01. The maximum Gasteiger partial charge on any atom is 0.311 e. The molecule has 0 fully saturated rings. The summed E-state index contributed by atoms with van der Waals surface area (Å²) >= 11 is 0. The number of hydrogen-bond acceptors (Lipinski definition) is 5. The molecule has 2 rings (SSSR count). The van der Waals surface area contributed by atoms with Gasteiger partial charge in [0.1, 0.15) is 5.75 Å². The van der Waals surface area contributed by atoms with Crippen molar-refractivity contribution in [3.63, 3.8) is 0 Å². The lowest BCUT2D eigenvalue weighted by atomic mass is 10.1. The number of pyridine rings is 1. The molecule has 0 spiro atoms. The topological polar surface area (TPSA) is 77.5 Å². The zero-order valence-electron chi connectivity index (χ0n) is 15.3. The zero-order chi connectivity index (χ0) is 18.9. The summed E-state index contributed by atoms with van der Waals surface area (Å²) in [4.78, 5) is 28.1. The number of carbonyl (C=O) groups is 2. The second kappa shape index (κ2) is 9.56. The van der Waals surface area contributed by atoms with Crippen molar-refractivity contribution in [3.05, 3.63) is 59.4 Å². The summed E-state index contributed by atoms with van der Waals surface area (Å²) in [7, 11) is 1.62. The van der Waals surface area contributed by atoms with Gasteiger partial charge in [-0.15, -0.1) is 0 Å². The van der Waals surface area contributed by atoms with Crippen LogP contribution in [-0.4, -0.2) is 36.6 Å². The number of hydrogen-bond donors (Lipinski definition) is 1. The molecule has 0 saturated carbocycles. The van der Waals surface area contributed by atoms with Crippen LogP contribution in [0.4, 0.5) is 0 Å². The van der Waals surface area contributed by atoms with Crippen LogP contribution in [0.5, 0.6) is 5.75 Å². The van der Waals surface area contributed by atoms with E-state index in [0.29, 0.717) is 13.0 Å². The Hall–Kier alpha value is -2.89. The van der Waals surface area contributed by atoms with Crippen molar-refractivity contribution in [2.45, 2.75) is 32.8 Å². The van der Waals surface area contributed by atoms with Gasteiger partial charge in [0.15, 0.2) is 6.10 Å². The third-order valence-electron chi connectivity index (χ3n) is 3.87. The van der Waals surface area contributed by atoms with Crippen molar-refractivity contribution >= 4 is 11.9 Å². The molecule has 0 aliphatic carbocycles. The molecule has 6 nitrogen and oxygen atoms in total. The molecule has 6 heteroatoms. The maximum absolute atomic E-state index is 12.0. The summed E-state index contributed by atoms with van der Waals surface area (Å²) in [6.07, 6.45) is 1.58. The minimum absolute atomic E-state index is 0.0940. The third kappa shape index (κ3) is 6.20. The van der Waals surface area contributed by atoms with Crippen LogP contribution in [-0.2, 0) is 27.2 Å². The number of nitrogens with zero attached hydrogens (tertiary/aromatic N) is 1. The van der Waals surface area contributed by atoms with Gasteiger partial charge >= 0.3 is 5.97 Å². The van der Waals surface area contributed by atoms with Gasteiger partial charge in [-0.3, -0.25) is 14.6 Å². The summed E-state index contributed by atoms with van der Waals surface area (Å²) in [6, 6.07) is 11.3. The summed E-state index contributed by atoms with van der Waals surface area (Å²) in [5.74, 6) is 0.0319. The Balaban J connectivity index is 1.72. The van der Waals surface area contributed by atoms with Crippen LogP contribution in [0.3, 0.4) is 0 Å². The highest BCUT2D eigenvalue weighted by Gasteiger charge is 2.17. The van der Waals surface area contributed by atoms with Gasteiger partial charge in [-0.05, 0) is 49.6 Å². The summed E-state index contributed by atoms with van der Waals surface area (Å²) in [5.41, 5.74) is 2.72. The molecule has 1 atom stereocenters. The Kier molecular flexibility index (Phi) is 7.14. The molecular weight excluding hydrogens is 332 g/mol. The van der Waals surface area contributed by atoms with Gasteiger partial charge in [0.2, 0.25) is 0 Å². The lowest BCUT2D eigenvalue weighted by Gasteiger charge is -2.13. The number of rotatable bonds is 8. The van der Waals surface area contributed by atoms with Crippen molar-refractivity contribution in [2.24, 2.45) is 0 Å². The van der Waals surface area contributed by atoms with Crippen molar-refractivity contribution in [1.29, 1.82) is 0 Å². The van der Waals surface area contributed by atoms with Crippen molar-refractivity contribution < 1.29 is 19.1 Å². The van der Waals surface area contributed by atoms with Gasteiger partial charge in [-0.25, -0.2) is 0 Å². The molecule has 0 aliphatic rings. The Morgan fingerprint density at radius 3 is 2.42 bits per heavy atom. The van der Waals surface area contributed by atoms with E-state index < -0.39 is 12.1 Å². The van der Waals surface area contributed by atoms with E-state index in [0.717, 1.165) is 22.6 Å². The molecular formula is C20H24N2O4. The molecule has 1 amide bonds. The number of ether oxygens (including phenoxy) is 2. The van der Waals surface area contributed by atoms with Crippen LogP contribution < -0.4 is 10.1 Å². The molecule has 1 heterocycles. The highest BCUT2D eigenvalue weighted by molar-refractivity contribution is 5.83. The quantitative estimate of drug-likeness (QED) is 0.734. The van der Waals surface area contributed by atoms with Crippen LogP contribution >= 0.6 is 0 Å². The average Bonchev–Trinajstić information content (AvgIpc) is 2.64. The molecule has 138 valence electrons. The van der Waals surface area contributed by atoms with Crippen LogP contribution in [0.1, 0.15) is 23.7 Å². The Labute approximate surface area is 153 Å². The van der Waals surface area contributed by atoms with E-state index in [4.69, 9.17) is 9.47 Å². The van der Waals surface area contributed by atoms with E-state index in [1.54, 1.807) is 20.2 Å². The van der Waals surface area contributed by atoms with Crippen LogP contribution in [0, 0.1) is 6.92 Å². The van der Waals surface area contributed by atoms with Crippen LogP contribution in [0.2, 0.25) is 0 Å². The largest absolute Gasteiger partial charge is 0.497 e.